The van der Waals surface area contributed by atoms with Crippen LogP contribution < -0.4 is 9.32 Å². The molecular formula is C17H9ClF3NO5S2. The van der Waals surface area contributed by atoms with Gasteiger partial charge in [0.25, 0.3) is 0 Å². The number of phenols is 1. The number of thiophene rings is 1. The second-order valence-electron chi connectivity index (χ2n) is 5.56. The van der Waals surface area contributed by atoms with Gasteiger partial charge in [-0.25, -0.2) is 13.2 Å². The summed E-state index contributed by atoms with van der Waals surface area (Å²) < 4.78 is 68.7. The SMILES string of the molecule is NS(=O)(=O)Oc1ccc(-c2ccc(C(=O)c3c(F)ccc(O)c3F)s2)c(F)c1Cl. The number of carbonyl (C=O) groups is 1. The second-order valence-corrected chi connectivity index (χ2v) is 8.18. The lowest BCUT2D eigenvalue weighted by molar-refractivity contribution is 0.103. The Morgan fingerprint density at radius 1 is 1.07 bits per heavy atom. The summed E-state index contributed by atoms with van der Waals surface area (Å²) in [5.41, 5.74) is -1.06. The fourth-order valence-electron chi connectivity index (χ4n) is 2.39. The summed E-state index contributed by atoms with van der Waals surface area (Å²) in [7, 11) is -4.43. The molecule has 0 aliphatic carbocycles. The average molecular weight is 464 g/mol. The van der Waals surface area contributed by atoms with Crippen LogP contribution in [0.1, 0.15) is 15.2 Å². The Bertz CT molecular complexity index is 1240. The number of halogens is 4. The number of hydrogen-bond donors (Lipinski definition) is 2. The molecule has 152 valence electrons. The van der Waals surface area contributed by atoms with Crippen molar-refractivity contribution in [3.05, 3.63) is 69.3 Å². The molecule has 0 aliphatic rings. The van der Waals surface area contributed by atoms with E-state index in [0.29, 0.717) is 11.3 Å². The summed E-state index contributed by atoms with van der Waals surface area (Å²) in [6.07, 6.45) is 0. The summed E-state index contributed by atoms with van der Waals surface area (Å²) in [5, 5.41) is 13.4. The highest BCUT2D eigenvalue weighted by Crippen LogP contribution is 2.38. The van der Waals surface area contributed by atoms with Gasteiger partial charge in [-0.2, -0.15) is 13.6 Å². The lowest BCUT2D eigenvalue weighted by atomic mass is 10.1. The van der Waals surface area contributed by atoms with Crippen molar-refractivity contribution in [3.63, 3.8) is 0 Å². The van der Waals surface area contributed by atoms with E-state index >= 15 is 0 Å². The molecule has 6 nitrogen and oxygen atoms in total. The van der Waals surface area contributed by atoms with Gasteiger partial charge in [-0.1, -0.05) is 11.6 Å². The Labute approximate surface area is 171 Å². The minimum absolute atomic E-state index is 0.113. The highest BCUT2D eigenvalue weighted by Gasteiger charge is 2.24. The van der Waals surface area contributed by atoms with Gasteiger partial charge in [0.2, 0.25) is 5.78 Å². The van der Waals surface area contributed by atoms with Crippen LogP contribution in [0.25, 0.3) is 10.4 Å². The number of nitrogens with two attached hydrogens (primary N) is 1. The summed E-state index contributed by atoms with van der Waals surface area (Å²) >= 11 is 6.48. The molecule has 0 spiro atoms. The average Bonchev–Trinajstić information content (AvgIpc) is 3.11. The lowest BCUT2D eigenvalue weighted by Gasteiger charge is -2.08. The van der Waals surface area contributed by atoms with Crippen LogP contribution in [-0.2, 0) is 10.3 Å². The van der Waals surface area contributed by atoms with E-state index in [9.17, 15) is 31.5 Å². The molecule has 3 rings (SSSR count). The molecule has 1 heterocycles. The van der Waals surface area contributed by atoms with Crippen molar-refractivity contribution in [1.29, 1.82) is 0 Å². The minimum Gasteiger partial charge on any atom is -0.505 e. The number of hydrogen-bond acceptors (Lipinski definition) is 6. The first-order chi connectivity index (χ1) is 13.5. The quantitative estimate of drug-likeness (QED) is 0.556. The van der Waals surface area contributed by atoms with E-state index in [1.165, 1.54) is 12.1 Å². The molecular weight excluding hydrogens is 455 g/mol. The predicted molar refractivity (Wildman–Crippen MR) is 99.9 cm³/mol. The van der Waals surface area contributed by atoms with Crippen molar-refractivity contribution < 1.29 is 35.7 Å². The normalized spacial score (nSPS) is 11.5. The summed E-state index contributed by atoms with van der Waals surface area (Å²) in [6.45, 7) is 0. The van der Waals surface area contributed by atoms with E-state index in [2.05, 4.69) is 4.18 Å². The largest absolute Gasteiger partial charge is 0.505 e. The standard InChI is InChI=1S/C17H9ClF3NO5S2/c18-14-10(27-29(22,25)26)4-1-7(15(14)20)11-5-6-12(28-11)17(24)13-8(19)2-3-9(23)16(13)21/h1-6,23H,(H2,22,25,26). The molecule has 3 aromatic rings. The van der Waals surface area contributed by atoms with Crippen LogP contribution in [0.2, 0.25) is 5.02 Å². The third kappa shape index (κ3) is 4.22. The molecule has 1 aromatic heterocycles. The summed E-state index contributed by atoms with van der Waals surface area (Å²) in [6, 6.07) is 6.23. The maximum absolute atomic E-state index is 14.6. The Morgan fingerprint density at radius 3 is 2.41 bits per heavy atom. The molecule has 0 atom stereocenters. The Hall–Kier alpha value is -2.60. The monoisotopic (exact) mass is 463 g/mol. The van der Waals surface area contributed by atoms with Gasteiger partial charge in [0.05, 0.1) is 10.4 Å². The molecule has 0 saturated heterocycles. The molecule has 29 heavy (non-hydrogen) atoms. The maximum atomic E-state index is 14.6. The minimum atomic E-state index is -4.43. The zero-order valence-electron chi connectivity index (χ0n) is 14.0. The molecule has 0 saturated carbocycles. The van der Waals surface area contributed by atoms with Crippen LogP contribution in [0.5, 0.6) is 11.5 Å². The molecule has 0 aliphatic heterocycles. The van der Waals surface area contributed by atoms with Gasteiger partial charge >= 0.3 is 10.3 Å². The van der Waals surface area contributed by atoms with E-state index < -0.39 is 55.6 Å². The van der Waals surface area contributed by atoms with Crippen molar-refractivity contribution in [2.75, 3.05) is 0 Å². The van der Waals surface area contributed by atoms with E-state index in [0.717, 1.165) is 24.3 Å². The summed E-state index contributed by atoms with van der Waals surface area (Å²) in [4.78, 5) is 12.5. The van der Waals surface area contributed by atoms with Crippen molar-refractivity contribution in [3.8, 4) is 21.9 Å². The highest BCUT2D eigenvalue weighted by atomic mass is 35.5. The van der Waals surface area contributed by atoms with Crippen molar-refractivity contribution in [1.82, 2.24) is 0 Å². The first-order valence-corrected chi connectivity index (χ1v) is 10.2. The zero-order valence-corrected chi connectivity index (χ0v) is 16.3. The number of aromatic hydroxyl groups is 1. The molecule has 12 heteroatoms. The van der Waals surface area contributed by atoms with Gasteiger partial charge in [0.15, 0.2) is 23.1 Å². The van der Waals surface area contributed by atoms with E-state index in [1.807, 2.05) is 0 Å². The Kier molecular flexibility index (Phi) is 5.59. The molecule has 3 N–H and O–H groups in total. The first kappa shape index (κ1) is 21.1. The Balaban J connectivity index is 2.00. The van der Waals surface area contributed by atoms with Gasteiger partial charge in [-0.15, -0.1) is 11.3 Å². The topological polar surface area (TPSA) is 107 Å². The van der Waals surface area contributed by atoms with Crippen LogP contribution in [-0.4, -0.2) is 19.3 Å². The van der Waals surface area contributed by atoms with Gasteiger partial charge in [-0.3, -0.25) is 4.79 Å². The lowest BCUT2D eigenvalue weighted by Crippen LogP contribution is -2.19. The van der Waals surface area contributed by atoms with Crippen LogP contribution in [0.4, 0.5) is 13.2 Å². The van der Waals surface area contributed by atoms with Crippen LogP contribution >= 0.6 is 22.9 Å². The van der Waals surface area contributed by atoms with Crippen molar-refractivity contribution in [2.45, 2.75) is 0 Å². The van der Waals surface area contributed by atoms with Crippen LogP contribution in [0, 0.1) is 17.5 Å². The number of carbonyl (C=O) groups excluding carboxylic acids is 1. The molecule has 2 aromatic carbocycles. The third-order valence-electron chi connectivity index (χ3n) is 3.65. The van der Waals surface area contributed by atoms with Crippen molar-refractivity contribution in [2.24, 2.45) is 5.14 Å². The smallest absolute Gasteiger partial charge is 0.380 e. The van der Waals surface area contributed by atoms with Crippen molar-refractivity contribution >= 4 is 39.0 Å². The molecule has 0 amide bonds. The number of rotatable bonds is 5. The number of benzene rings is 2. The molecule has 0 unspecified atom stereocenters. The van der Waals surface area contributed by atoms with Gasteiger partial charge < -0.3 is 9.29 Å². The van der Waals surface area contributed by atoms with Gasteiger partial charge in [0.1, 0.15) is 10.8 Å². The highest BCUT2D eigenvalue weighted by molar-refractivity contribution is 7.84. The second kappa shape index (κ2) is 7.67. The molecule has 0 fully saturated rings. The van der Waals surface area contributed by atoms with Crippen LogP contribution in [0.15, 0.2) is 36.4 Å². The third-order valence-corrected chi connectivity index (χ3v) is 5.53. The van der Waals surface area contributed by atoms with E-state index in [1.54, 1.807) is 0 Å². The van der Waals surface area contributed by atoms with E-state index in [4.69, 9.17) is 16.7 Å². The zero-order chi connectivity index (χ0) is 21.5. The fraction of sp³-hybridized carbons (Fsp3) is 0. The summed E-state index contributed by atoms with van der Waals surface area (Å²) in [5.74, 6) is -6.11. The molecule has 0 radical (unpaired) electrons. The predicted octanol–water partition coefficient (Wildman–Crippen LogP) is 4.00. The maximum Gasteiger partial charge on any atom is 0.380 e. The van der Waals surface area contributed by atoms with E-state index in [-0.39, 0.29) is 15.3 Å². The fourth-order valence-corrected chi connectivity index (χ4v) is 4.00. The molecule has 0 bridgehead atoms. The number of ketones is 1. The number of phenolic OH excluding ortho intramolecular Hbond substituents is 1. The van der Waals surface area contributed by atoms with Gasteiger partial charge in [0, 0.05) is 10.4 Å². The first-order valence-electron chi connectivity index (χ1n) is 7.51. The Morgan fingerprint density at radius 2 is 1.76 bits per heavy atom. The van der Waals surface area contributed by atoms with Crippen LogP contribution in [0.3, 0.4) is 0 Å². The van der Waals surface area contributed by atoms with Gasteiger partial charge in [-0.05, 0) is 36.4 Å².